The van der Waals surface area contributed by atoms with E-state index in [2.05, 4.69) is 40.7 Å². The molecule has 0 aromatic heterocycles. The van der Waals surface area contributed by atoms with Gasteiger partial charge in [-0.05, 0) is 89.8 Å². The van der Waals surface area contributed by atoms with Crippen molar-refractivity contribution in [2.24, 2.45) is 50.2 Å². The average molecular weight is 667 g/mol. The Morgan fingerprint density at radius 1 is 0.851 bits per heavy atom. The van der Waals surface area contributed by atoms with E-state index in [-0.39, 0.29) is 23.7 Å². The first kappa shape index (κ1) is 35.7. The van der Waals surface area contributed by atoms with Gasteiger partial charge in [0.05, 0.1) is 31.0 Å². The summed E-state index contributed by atoms with van der Waals surface area (Å²) in [4.78, 5) is 14.4. The molecule has 0 bridgehead atoms. The summed E-state index contributed by atoms with van der Waals surface area (Å²) in [7, 11) is 0. The Kier molecular flexibility index (Phi) is 8.48. The second kappa shape index (κ2) is 11.2. The molecule has 16 atom stereocenters. The van der Waals surface area contributed by atoms with Crippen LogP contribution < -0.4 is 0 Å². The van der Waals surface area contributed by atoms with Crippen LogP contribution in [0.3, 0.4) is 0 Å². The van der Waals surface area contributed by atoms with Crippen molar-refractivity contribution < 1.29 is 55.1 Å². The molecule has 47 heavy (non-hydrogen) atoms. The second-order valence-corrected chi connectivity index (χ2v) is 18.3. The molecule has 1 heterocycles. The first-order valence-corrected chi connectivity index (χ1v) is 17.6. The van der Waals surface area contributed by atoms with Gasteiger partial charge in [-0.15, -0.1) is 0 Å². The van der Waals surface area contributed by atoms with Crippen molar-refractivity contribution in [3.05, 3.63) is 11.6 Å². The number of aliphatic hydroxyl groups is 8. The Balaban J connectivity index is 1.41. The molecule has 0 amide bonds. The Bertz CT molecular complexity index is 1280. The molecule has 6 rings (SSSR count). The number of hydrogen-bond acceptors (Lipinski definition) is 11. The van der Waals surface area contributed by atoms with Crippen LogP contribution in [-0.2, 0) is 14.3 Å². The molecule has 5 aliphatic carbocycles. The summed E-state index contributed by atoms with van der Waals surface area (Å²) < 4.78 is 11.4. The fourth-order valence-electron chi connectivity index (χ4n) is 12.4. The van der Waals surface area contributed by atoms with E-state index in [4.69, 9.17) is 9.47 Å². The van der Waals surface area contributed by atoms with Gasteiger partial charge in [-0.1, -0.05) is 60.1 Å². The van der Waals surface area contributed by atoms with Crippen LogP contribution in [0.5, 0.6) is 0 Å². The molecule has 11 heteroatoms. The molecule has 0 aromatic carbocycles. The Morgan fingerprint density at radius 3 is 2.15 bits per heavy atom. The lowest BCUT2D eigenvalue weighted by molar-refractivity contribution is -0.300. The van der Waals surface area contributed by atoms with Gasteiger partial charge in [0.1, 0.15) is 29.8 Å². The Hall–Kier alpha value is -1.15. The third kappa shape index (κ3) is 4.74. The van der Waals surface area contributed by atoms with Crippen molar-refractivity contribution in [3.8, 4) is 0 Å². The number of aliphatic hydroxyl groups excluding tert-OH is 8. The second-order valence-electron chi connectivity index (χ2n) is 18.3. The minimum Gasteiger partial charge on any atom is -0.432 e. The number of fused-ring (bicyclic) bond motifs is 7. The van der Waals surface area contributed by atoms with Gasteiger partial charge in [0, 0.05) is 0 Å². The predicted octanol–water partition coefficient (Wildman–Crippen LogP) is 1.40. The maximum atomic E-state index is 14.4. The standard InChI is InChI=1S/C36H58O11/c1-31(2)10-11-36(30(45)47-29-26(43)25(42)24(41)21(16-37)46-29)18(12-31)17-8-9-22-33(5)13-20(39)28(44)32(3,4)27(33)19(38)14-35(22,7)34(17,6)15-23(36)40/h8,18-29,37-44H,9-16H2,1-7H3/t18-,19+,20-,21+,22+,23+,24+,25-,26+,27-,28-,29-,33+,34+,35+,36+/m0/s1. The van der Waals surface area contributed by atoms with E-state index in [0.29, 0.717) is 38.5 Å². The lowest BCUT2D eigenvalue weighted by Gasteiger charge is -2.72. The third-order valence-electron chi connectivity index (χ3n) is 15.0. The highest BCUT2D eigenvalue weighted by Crippen LogP contribution is 2.75. The average Bonchev–Trinajstić information content (AvgIpc) is 2.96. The van der Waals surface area contributed by atoms with E-state index < -0.39 is 101 Å². The molecule has 1 aliphatic heterocycles. The first-order valence-electron chi connectivity index (χ1n) is 17.6. The maximum absolute atomic E-state index is 14.4. The molecule has 1 saturated heterocycles. The fraction of sp³-hybridized carbons (Fsp3) is 0.917. The zero-order chi connectivity index (χ0) is 34.9. The molecule has 0 aromatic rings. The summed E-state index contributed by atoms with van der Waals surface area (Å²) in [5.41, 5.74) is -2.84. The summed E-state index contributed by atoms with van der Waals surface area (Å²) in [6.45, 7) is 14.0. The van der Waals surface area contributed by atoms with Crippen molar-refractivity contribution in [1.29, 1.82) is 0 Å². The van der Waals surface area contributed by atoms with E-state index in [1.807, 2.05) is 13.8 Å². The predicted molar refractivity (Wildman–Crippen MR) is 169 cm³/mol. The van der Waals surface area contributed by atoms with Crippen molar-refractivity contribution in [3.63, 3.8) is 0 Å². The van der Waals surface area contributed by atoms with E-state index in [1.165, 1.54) is 0 Å². The molecule has 6 aliphatic rings. The summed E-state index contributed by atoms with van der Waals surface area (Å²) in [5.74, 6) is -1.39. The van der Waals surface area contributed by atoms with Crippen molar-refractivity contribution >= 4 is 5.97 Å². The number of hydrogen-bond donors (Lipinski definition) is 8. The van der Waals surface area contributed by atoms with Gasteiger partial charge in [-0.3, -0.25) is 4.79 Å². The minimum atomic E-state index is -1.75. The molecule has 4 saturated carbocycles. The molecule has 0 unspecified atom stereocenters. The molecular formula is C36H58O11. The summed E-state index contributed by atoms with van der Waals surface area (Å²) in [6.07, 6.45) is -6.23. The van der Waals surface area contributed by atoms with Crippen LogP contribution in [0.2, 0.25) is 0 Å². The number of ether oxygens (including phenoxy) is 2. The molecule has 5 fully saturated rings. The first-order chi connectivity index (χ1) is 21.6. The highest BCUT2D eigenvalue weighted by molar-refractivity contribution is 5.80. The van der Waals surface area contributed by atoms with E-state index in [1.54, 1.807) is 0 Å². The zero-order valence-electron chi connectivity index (χ0n) is 29.0. The lowest BCUT2D eigenvalue weighted by Crippen LogP contribution is -2.71. The monoisotopic (exact) mass is 666 g/mol. The van der Waals surface area contributed by atoms with Gasteiger partial charge in [0.2, 0.25) is 6.29 Å². The SMILES string of the molecule is CC1(C)CC[C@]2(C(=O)O[C@@H]3O[C@H](CO)[C@@H](O)[C@H](O)[C@H]3O)[C@H](O)C[C@]3(C)C(=CC[C@@H]4[C@@]5(C)C[C@H](O)[C@H](O)C(C)(C)[C@@H]5[C@H](O)C[C@]43C)[C@@H]2C1. The highest BCUT2D eigenvalue weighted by atomic mass is 16.7. The summed E-state index contributed by atoms with van der Waals surface area (Å²) in [6, 6.07) is 0. The van der Waals surface area contributed by atoms with Gasteiger partial charge in [0.15, 0.2) is 0 Å². The number of esters is 1. The quantitative estimate of drug-likeness (QED) is 0.160. The van der Waals surface area contributed by atoms with Gasteiger partial charge >= 0.3 is 5.97 Å². The highest BCUT2D eigenvalue weighted by Gasteiger charge is 2.73. The summed E-state index contributed by atoms with van der Waals surface area (Å²) >= 11 is 0. The smallest absolute Gasteiger partial charge is 0.317 e. The van der Waals surface area contributed by atoms with Crippen LogP contribution in [0.1, 0.15) is 93.4 Å². The Labute approximate surface area is 278 Å². The van der Waals surface area contributed by atoms with E-state index in [0.717, 1.165) is 5.57 Å². The number of carbonyl (C=O) groups excluding carboxylic acids is 1. The minimum absolute atomic E-state index is 0.0240. The normalized spacial score (nSPS) is 55.0. The number of carbonyl (C=O) groups is 1. The summed E-state index contributed by atoms with van der Waals surface area (Å²) in [5, 5.41) is 87.5. The zero-order valence-corrected chi connectivity index (χ0v) is 29.0. The van der Waals surface area contributed by atoms with Crippen molar-refractivity contribution in [2.45, 2.75) is 149 Å². The molecule has 0 radical (unpaired) electrons. The van der Waals surface area contributed by atoms with Crippen LogP contribution >= 0.6 is 0 Å². The topological polar surface area (TPSA) is 197 Å². The molecule has 8 N–H and O–H groups in total. The van der Waals surface area contributed by atoms with Gasteiger partial charge in [-0.2, -0.15) is 0 Å². The van der Waals surface area contributed by atoms with E-state index in [9.17, 15) is 45.6 Å². The van der Waals surface area contributed by atoms with Crippen molar-refractivity contribution in [2.75, 3.05) is 6.61 Å². The van der Waals surface area contributed by atoms with Crippen LogP contribution in [0.4, 0.5) is 0 Å². The van der Waals surface area contributed by atoms with Crippen LogP contribution in [0, 0.1) is 50.2 Å². The molecular weight excluding hydrogens is 608 g/mol. The van der Waals surface area contributed by atoms with Gasteiger partial charge < -0.3 is 50.3 Å². The van der Waals surface area contributed by atoms with Gasteiger partial charge in [-0.25, -0.2) is 0 Å². The maximum Gasteiger partial charge on any atom is 0.317 e. The van der Waals surface area contributed by atoms with E-state index >= 15 is 0 Å². The lowest BCUT2D eigenvalue weighted by atomic mass is 9.32. The fourth-order valence-corrected chi connectivity index (χ4v) is 12.4. The molecule has 0 spiro atoms. The van der Waals surface area contributed by atoms with Crippen LogP contribution in [0.25, 0.3) is 0 Å². The molecule has 11 nitrogen and oxygen atoms in total. The van der Waals surface area contributed by atoms with Gasteiger partial charge in [0.25, 0.3) is 0 Å². The Morgan fingerprint density at radius 2 is 1.51 bits per heavy atom. The number of rotatable bonds is 3. The van der Waals surface area contributed by atoms with Crippen LogP contribution in [-0.4, -0.2) is 109 Å². The number of allylic oxidation sites excluding steroid dienone is 2. The largest absolute Gasteiger partial charge is 0.432 e. The van der Waals surface area contributed by atoms with Crippen LogP contribution in [0.15, 0.2) is 11.6 Å². The van der Waals surface area contributed by atoms with Crippen molar-refractivity contribution in [1.82, 2.24) is 0 Å². The third-order valence-corrected chi connectivity index (χ3v) is 15.0. The molecule has 268 valence electrons.